The molecule has 1 saturated heterocycles. The van der Waals surface area contributed by atoms with Crippen LogP contribution in [-0.2, 0) is 50.8 Å². The molecule has 3 heterocycles. The summed E-state index contributed by atoms with van der Waals surface area (Å²) in [5, 5.41) is 12.7. The van der Waals surface area contributed by atoms with Crippen LogP contribution >= 0.6 is 0 Å². The van der Waals surface area contributed by atoms with E-state index in [0.717, 1.165) is 49.7 Å². The Morgan fingerprint density at radius 2 is 1.66 bits per heavy atom. The van der Waals surface area contributed by atoms with Gasteiger partial charge in [0.25, 0.3) is 0 Å². The Morgan fingerprint density at radius 3 is 2.30 bits per heavy atom. The summed E-state index contributed by atoms with van der Waals surface area (Å²) in [5.74, 6) is -0.550. The zero-order valence-electron chi connectivity index (χ0n) is 26.8. The van der Waals surface area contributed by atoms with E-state index in [1.807, 2.05) is 18.2 Å². The first-order valence-corrected chi connectivity index (χ1v) is 17.8. The Bertz CT molecular complexity index is 1670. The molecule has 2 aliphatic heterocycles. The number of aromatic nitrogens is 2. The normalized spacial score (nSPS) is 21.3. The Morgan fingerprint density at radius 1 is 0.979 bits per heavy atom. The number of carbonyl (C=O) groups is 3. The molecule has 3 amide bonds. The summed E-state index contributed by atoms with van der Waals surface area (Å²) in [5.41, 5.74) is 2.23. The fraction of sp³-hybridized carbons (Fsp3) is 0.455. The monoisotopic (exact) mass is 665 g/mol. The number of sulfonamides is 1. The van der Waals surface area contributed by atoms with Crippen LogP contribution in [0.1, 0.15) is 42.4 Å². The maximum atomic E-state index is 14.0. The Kier molecular flexibility index (Phi) is 11.3. The number of hydrogen-bond acceptors (Lipinski definition) is 8. The van der Waals surface area contributed by atoms with Crippen molar-refractivity contribution >= 4 is 27.7 Å². The van der Waals surface area contributed by atoms with Gasteiger partial charge in [0.2, 0.25) is 27.7 Å². The highest BCUT2D eigenvalue weighted by Crippen LogP contribution is 2.25. The van der Waals surface area contributed by atoms with E-state index in [-0.39, 0.29) is 25.8 Å². The zero-order valence-corrected chi connectivity index (χ0v) is 27.6. The topological polar surface area (TPSA) is 164 Å². The van der Waals surface area contributed by atoms with Crippen molar-refractivity contribution in [1.82, 2.24) is 35.4 Å². The fourth-order valence-corrected chi connectivity index (χ4v) is 6.63. The SMILES string of the molecule is Cn1cc(CNC(=O)[C@@H]2Cc3cccc(c3)Oc3cccc(c3)C[C@H](NS(C)(=O)=O)C(=O)N[C@@H](CCN3CCCCC3)C(=O)N2)cn1. The molecular formula is C33H43N7O6S. The molecule has 13 nitrogen and oxygen atoms in total. The summed E-state index contributed by atoms with van der Waals surface area (Å²) in [7, 11) is -2.01. The number of rotatable bonds is 8. The Labute approximate surface area is 275 Å². The molecule has 2 aliphatic rings. The third-order valence-corrected chi connectivity index (χ3v) is 8.97. The number of amides is 3. The van der Waals surface area contributed by atoms with Gasteiger partial charge in [0.1, 0.15) is 29.6 Å². The molecule has 0 spiro atoms. The average Bonchev–Trinajstić information content (AvgIpc) is 3.45. The van der Waals surface area contributed by atoms with Gasteiger partial charge >= 0.3 is 0 Å². The standard InChI is InChI=1S/C33H43N7O6S/c1-39-22-25(21-35-39)20-34-31(41)29-18-23-8-6-10-26(16-23)46-27-11-7-9-24(17-27)19-30(38-47(2,44)45)33(43)36-28(32(42)37-29)12-15-40-13-4-3-5-14-40/h6-11,16-17,21-22,28-30,38H,3-5,12-15,18-20H2,1-2H3,(H,34,41)(H,36,43)(H,37,42)/t28-,29-,30-/m0/s1. The summed E-state index contributed by atoms with van der Waals surface area (Å²) >= 11 is 0. The number of carbonyl (C=O) groups excluding carboxylic acids is 3. The van der Waals surface area contributed by atoms with Crippen molar-refractivity contribution in [2.75, 3.05) is 25.9 Å². The predicted octanol–water partition coefficient (Wildman–Crippen LogP) is 1.39. The van der Waals surface area contributed by atoms with Crippen molar-refractivity contribution in [2.24, 2.45) is 7.05 Å². The van der Waals surface area contributed by atoms with Gasteiger partial charge in [-0.05, 0) is 74.2 Å². The van der Waals surface area contributed by atoms with Crippen LogP contribution in [0.3, 0.4) is 0 Å². The van der Waals surface area contributed by atoms with Crippen molar-refractivity contribution in [3.05, 3.63) is 77.6 Å². The van der Waals surface area contributed by atoms with Crippen molar-refractivity contribution in [3.63, 3.8) is 0 Å². The number of piperidine rings is 1. The molecule has 47 heavy (non-hydrogen) atoms. The largest absolute Gasteiger partial charge is 0.457 e. The third-order valence-electron chi connectivity index (χ3n) is 8.26. The molecule has 4 N–H and O–H groups in total. The molecule has 2 aromatic carbocycles. The van der Waals surface area contributed by atoms with Crippen LogP contribution in [0.2, 0.25) is 0 Å². The van der Waals surface area contributed by atoms with E-state index in [4.69, 9.17) is 4.74 Å². The van der Waals surface area contributed by atoms with Gasteiger partial charge in [0, 0.05) is 38.3 Å². The van der Waals surface area contributed by atoms with Crippen LogP contribution < -0.4 is 25.4 Å². The Hall–Kier alpha value is -4.27. The molecule has 5 rings (SSSR count). The lowest BCUT2D eigenvalue weighted by Crippen LogP contribution is -2.58. The molecule has 0 radical (unpaired) electrons. The molecule has 4 bridgehead atoms. The fourth-order valence-electron chi connectivity index (χ4n) is 5.92. The lowest BCUT2D eigenvalue weighted by molar-refractivity contribution is -0.132. The summed E-state index contributed by atoms with van der Waals surface area (Å²) in [6.07, 6.45) is 8.17. The van der Waals surface area contributed by atoms with Crippen LogP contribution in [0.25, 0.3) is 0 Å². The van der Waals surface area contributed by atoms with Crippen LogP contribution in [0.15, 0.2) is 60.9 Å². The van der Waals surface area contributed by atoms with E-state index < -0.39 is 45.9 Å². The number of fused-ring (bicyclic) bond motifs is 4. The Balaban J connectivity index is 1.47. The molecule has 0 unspecified atom stereocenters. The second-order valence-corrected chi connectivity index (χ2v) is 14.1. The first-order chi connectivity index (χ1) is 22.5. The van der Waals surface area contributed by atoms with E-state index in [1.54, 1.807) is 54.5 Å². The van der Waals surface area contributed by atoms with E-state index in [9.17, 15) is 22.8 Å². The van der Waals surface area contributed by atoms with E-state index in [2.05, 4.69) is 30.7 Å². The second kappa shape index (κ2) is 15.5. The van der Waals surface area contributed by atoms with Gasteiger partial charge in [-0.25, -0.2) is 13.1 Å². The molecule has 0 saturated carbocycles. The average molecular weight is 666 g/mol. The van der Waals surface area contributed by atoms with Crippen molar-refractivity contribution in [1.29, 1.82) is 0 Å². The van der Waals surface area contributed by atoms with Crippen molar-refractivity contribution in [3.8, 4) is 11.5 Å². The minimum absolute atomic E-state index is 0.0238. The highest BCUT2D eigenvalue weighted by molar-refractivity contribution is 7.88. The lowest BCUT2D eigenvalue weighted by Gasteiger charge is -2.29. The first kappa shape index (κ1) is 34.1. The minimum Gasteiger partial charge on any atom is -0.457 e. The molecule has 14 heteroatoms. The van der Waals surface area contributed by atoms with Gasteiger partial charge < -0.3 is 25.6 Å². The summed E-state index contributed by atoms with van der Waals surface area (Å²) in [4.78, 5) is 43.6. The second-order valence-electron chi connectivity index (χ2n) is 12.3. The number of nitrogens with one attached hydrogen (secondary N) is 4. The van der Waals surface area contributed by atoms with E-state index in [0.29, 0.717) is 23.6 Å². The quantitative estimate of drug-likeness (QED) is 0.281. The van der Waals surface area contributed by atoms with Gasteiger partial charge in [-0.2, -0.15) is 5.10 Å². The van der Waals surface area contributed by atoms with Crippen LogP contribution in [-0.4, -0.2) is 84.8 Å². The van der Waals surface area contributed by atoms with E-state index in [1.165, 1.54) is 0 Å². The predicted molar refractivity (Wildman–Crippen MR) is 176 cm³/mol. The number of aryl methyl sites for hydroxylation is 1. The van der Waals surface area contributed by atoms with Gasteiger partial charge in [-0.1, -0.05) is 30.7 Å². The number of ether oxygens (including phenoxy) is 1. The lowest BCUT2D eigenvalue weighted by atomic mass is 10.0. The van der Waals surface area contributed by atoms with Crippen molar-refractivity contribution in [2.45, 2.75) is 63.2 Å². The molecular weight excluding hydrogens is 622 g/mol. The van der Waals surface area contributed by atoms with Gasteiger partial charge in [-0.3, -0.25) is 19.1 Å². The summed E-state index contributed by atoms with van der Waals surface area (Å²) in [6, 6.07) is 11.2. The van der Waals surface area contributed by atoms with Crippen molar-refractivity contribution < 1.29 is 27.5 Å². The smallest absolute Gasteiger partial charge is 0.243 e. The van der Waals surface area contributed by atoms with E-state index >= 15 is 0 Å². The summed E-state index contributed by atoms with van der Waals surface area (Å²) in [6.45, 7) is 2.57. The maximum Gasteiger partial charge on any atom is 0.243 e. The number of nitrogens with zero attached hydrogens (tertiary/aromatic N) is 3. The zero-order chi connectivity index (χ0) is 33.4. The molecule has 252 valence electrons. The third kappa shape index (κ3) is 10.4. The molecule has 1 aromatic heterocycles. The first-order valence-electron chi connectivity index (χ1n) is 15.9. The number of benzene rings is 2. The van der Waals surface area contributed by atoms with Gasteiger partial charge in [-0.15, -0.1) is 0 Å². The molecule has 3 atom stereocenters. The van der Waals surface area contributed by atoms with Gasteiger partial charge in [0.15, 0.2) is 0 Å². The number of hydrogen-bond donors (Lipinski definition) is 4. The van der Waals surface area contributed by atoms with Crippen LogP contribution in [0, 0.1) is 0 Å². The highest BCUT2D eigenvalue weighted by Gasteiger charge is 2.31. The molecule has 3 aromatic rings. The summed E-state index contributed by atoms with van der Waals surface area (Å²) < 4.78 is 34.9. The van der Waals surface area contributed by atoms with Crippen LogP contribution in [0.4, 0.5) is 0 Å². The maximum absolute atomic E-state index is 14.0. The molecule has 0 aliphatic carbocycles. The highest BCUT2D eigenvalue weighted by atomic mass is 32.2. The number of likely N-dealkylation sites (tertiary alicyclic amines) is 1. The molecule has 1 fully saturated rings. The minimum atomic E-state index is -3.79. The van der Waals surface area contributed by atoms with Crippen LogP contribution in [0.5, 0.6) is 11.5 Å². The van der Waals surface area contributed by atoms with Gasteiger partial charge in [0.05, 0.1) is 12.5 Å².